The first-order chi connectivity index (χ1) is 12.4. The molecule has 3 rings (SSSR count). The van der Waals surface area contributed by atoms with Crippen LogP contribution < -0.4 is 0 Å². The molecule has 0 aliphatic heterocycles. The van der Waals surface area contributed by atoms with Crippen LogP contribution in [-0.4, -0.2) is 10.5 Å². The Bertz CT molecular complexity index is 830. The molecule has 0 heterocycles. The average Bonchev–Trinajstić information content (AvgIpc) is 2.65. The van der Waals surface area contributed by atoms with E-state index < -0.39 is 5.60 Å². The number of hydrogen-bond donors (Lipinski definition) is 0. The molecule has 0 aromatic heterocycles. The molecule has 131 valence electrons. The van der Waals surface area contributed by atoms with Gasteiger partial charge in [-0.05, 0) is 28.2 Å². The van der Waals surface area contributed by atoms with Gasteiger partial charge in [0.05, 0.1) is 0 Å². The van der Waals surface area contributed by atoms with Crippen molar-refractivity contribution in [2.75, 3.05) is 0 Å². The summed E-state index contributed by atoms with van der Waals surface area (Å²) < 4.78 is 7.13. The summed E-state index contributed by atoms with van der Waals surface area (Å²) in [6.07, 6.45) is 0. The summed E-state index contributed by atoms with van der Waals surface area (Å²) >= 11 is 3.77. The highest BCUT2D eigenvalue weighted by Gasteiger charge is 2.38. The molecular formula is C23H22BrOSi. The van der Waals surface area contributed by atoms with Gasteiger partial charge in [-0.2, -0.15) is 0 Å². The molecule has 0 saturated carbocycles. The molecule has 3 radical (unpaired) electrons. The van der Waals surface area contributed by atoms with Crippen LogP contribution >= 0.6 is 15.9 Å². The number of rotatable bonds is 4. The molecule has 0 spiro atoms. The lowest BCUT2D eigenvalue weighted by Gasteiger charge is -2.36. The van der Waals surface area contributed by atoms with E-state index in [1.165, 1.54) is 5.56 Å². The van der Waals surface area contributed by atoms with Gasteiger partial charge in [-0.25, -0.2) is 0 Å². The molecule has 1 nitrogen and oxygen atoms in total. The van der Waals surface area contributed by atoms with E-state index in [1.807, 2.05) is 36.4 Å². The van der Waals surface area contributed by atoms with Crippen molar-refractivity contribution >= 4 is 26.4 Å². The molecule has 0 saturated heterocycles. The first-order valence-corrected chi connectivity index (χ1v) is 9.86. The molecule has 0 unspecified atom stereocenters. The Balaban J connectivity index is 2.36. The zero-order valence-corrected chi connectivity index (χ0v) is 17.9. The van der Waals surface area contributed by atoms with Gasteiger partial charge < -0.3 is 4.43 Å². The van der Waals surface area contributed by atoms with Crippen molar-refractivity contribution in [1.82, 2.24) is 0 Å². The number of hydrogen-bond acceptors (Lipinski definition) is 1. The Morgan fingerprint density at radius 1 is 0.731 bits per heavy atom. The minimum atomic E-state index is -0.764. The topological polar surface area (TPSA) is 9.23 Å². The van der Waals surface area contributed by atoms with Gasteiger partial charge in [-0.15, -0.1) is 0 Å². The summed E-state index contributed by atoms with van der Waals surface area (Å²) in [4.78, 5) is 0. The predicted molar refractivity (Wildman–Crippen MR) is 112 cm³/mol. The second-order valence-electron chi connectivity index (χ2n) is 7.46. The van der Waals surface area contributed by atoms with E-state index in [2.05, 4.69) is 89.7 Å². The molecule has 0 aliphatic rings. The second-order valence-corrected chi connectivity index (χ2v) is 8.52. The SMILES string of the molecule is CC(C)(C)c1ccc(Br)c(C(O[Si])(c2ccccc2)c2ccccc2)c1. The minimum absolute atomic E-state index is 0.0420. The fourth-order valence-electron chi connectivity index (χ4n) is 3.26. The molecule has 0 amide bonds. The van der Waals surface area contributed by atoms with Crippen molar-refractivity contribution in [2.45, 2.75) is 31.8 Å². The average molecular weight is 422 g/mol. The first kappa shape index (κ1) is 19.1. The van der Waals surface area contributed by atoms with Crippen LogP contribution in [0.2, 0.25) is 0 Å². The summed E-state index contributed by atoms with van der Waals surface area (Å²) in [6.45, 7) is 6.67. The third-order valence-corrected chi connectivity index (χ3v) is 5.72. The number of benzene rings is 3. The Morgan fingerprint density at radius 3 is 1.65 bits per heavy atom. The van der Waals surface area contributed by atoms with E-state index in [1.54, 1.807) is 0 Å². The quantitative estimate of drug-likeness (QED) is 0.363. The van der Waals surface area contributed by atoms with Crippen LogP contribution in [0.1, 0.15) is 43.0 Å². The first-order valence-electron chi connectivity index (χ1n) is 8.66. The zero-order valence-electron chi connectivity index (χ0n) is 15.3. The molecule has 3 aromatic rings. The molecule has 3 heteroatoms. The van der Waals surface area contributed by atoms with Crippen molar-refractivity contribution in [3.8, 4) is 0 Å². The van der Waals surface area contributed by atoms with Crippen LogP contribution in [0.25, 0.3) is 0 Å². The highest BCUT2D eigenvalue weighted by molar-refractivity contribution is 9.10. The van der Waals surface area contributed by atoms with Crippen LogP contribution in [0.15, 0.2) is 83.3 Å². The highest BCUT2D eigenvalue weighted by atomic mass is 79.9. The number of halogens is 1. The Hall–Kier alpha value is -1.68. The van der Waals surface area contributed by atoms with Crippen LogP contribution in [0.4, 0.5) is 0 Å². The zero-order chi connectivity index (χ0) is 18.8. The maximum atomic E-state index is 6.12. The second kappa shape index (κ2) is 7.51. The van der Waals surface area contributed by atoms with Gasteiger partial charge in [0.15, 0.2) is 0 Å². The van der Waals surface area contributed by atoms with Gasteiger partial charge >= 0.3 is 0 Å². The Morgan fingerprint density at radius 2 is 1.23 bits per heavy atom. The summed E-state index contributed by atoms with van der Waals surface area (Å²) in [5, 5.41) is 0. The van der Waals surface area contributed by atoms with E-state index in [4.69, 9.17) is 4.43 Å². The molecule has 0 N–H and O–H groups in total. The van der Waals surface area contributed by atoms with Gasteiger partial charge in [-0.3, -0.25) is 0 Å². The third kappa shape index (κ3) is 3.44. The fourth-order valence-corrected chi connectivity index (χ4v) is 4.13. The molecule has 0 atom stereocenters. The van der Waals surface area contributed by atoms with Crippen LogP contribution in [0, 0.1) is 0 Å². The lowest BCUT2D eigenvalue weighted by molar-refractivity contribution is 0.172. The maximum Gasteiger partial charge on any atom is 0.248 e. The van der Waals surface area contributed by atoms with Gasteiger partial charge in [0.2, 0.25) is 10.5 Å². The predicted octanol–water partition coefficient (Wildman–Crippen LogP) is 6.14. The van der Waals surface area contributed by atoms with Crippen molar-refractivity contribution in [3.05, 3.63) is 106 Å². The van der Waals surface area contributed by atoms with Crippen molar-refractivity contribution in [2.24, 2.45) is 0 Å². The monoisotopic (exact) mass is 421 g/mol. The van der Waals surface area contributed by atoms with Crippen molar-refractivity contribution < 1.29 is 4.43 Å². The van der Waals surface area contributed by atoms with Gasteiger partial charge in [0.1, 0.15) is 5.60 Å². The van der Waals surface area contributed by atoms with Gasteiger partial charge in [0.25, 0.3) is 0 Å². The molecule has 3 aromatic carbocycles. The van der Waals surface area contributed by atoms with E-state index in [0.29, 0.717) is 0 Å². The van der Waals surface area contributed by atoms with E-state index >= 15 is 0 Å². The largest absolute Gasteiger partial charge is 0.401 e. The summed E-state index contributed by atoms with van der Waals surface area (Å²) in [7, 11) is 3.43. The van der Waals surface area contributed by atoms with E-state index in [0.717, 1.165) is 21.2 Å². The van der Waals surface area contributed by atoms with Crippen LogP contribution in [-0.2, 0) is 15.4 Å². The van der Waals surface area contributed by atoms with Gasteiger partial charge in [0, 0.05) is 10.0 Å². The van der Waals surface area contributed by atoms with Crippen molar-refractivity contribution in [3.63, 3.8) is 0 Å². The maximum absolute atomic E-state index is 6.12. The minimum Gasteiger partial charge on any atom is -0.401 e. The normalized spacial score (nSPS) is 12.2. The highest BCUT2D eigenvalue weighted by Crippen LogP contribution is 2.44. The van der Waals surface area contributed by atoms with Gasteiger partial charge in [-0.1, -0.05) is 109 Å². The molecule has 0 fully saturated rings. The summed E-state index contributed by atoms with van der Waals surface area (Å²) in [5.74, 6) is 0. The smallest absolute Gasteiger partial charge is 0.248 e. The Labute approximate surface area is 168 Å². The molecule has 26 heavy (non-hydrogen) atoms. The summed E-state index contributed by atoms with van der Waals surface area (Å²) in [6, 6.07) is 27.1. The molecule has 0 aliphatic carbocycles. The van der Waals surface area contributed by atoms with Crippen molar-refractivity contribution in [1.29, 1.82) is 0 Å². The third-order valence-electron chi connectivity index (χ3n) is 4.73. The van der Waals surface area contributed by atoms with E-state index in [-0.39, 0.29) is 5.41 Å². The van der Waals surface area contributed by atoms with Crippen LogP contribution in [0.5, 0.6) is 0 Å². The lowest BCUT2D eigenvalue weighted by Crippen LogP contribution is -2.33. The molecule has 0 bridgehead atoms. The lowest BCUT2D eigenvalue weighted by atomic mass is 9.77. The summed E-state index contributed by atoms with van der Waals surface area (Å²) in [5.41, 5.74) is 3.73. The fraction of sp³-hybridized carbons (Fsp3) is 0.217. The molecular weight excluding hydrogens is 400 g/mol. The van der Waals surface area contributed by atoms with E-state index in [9.17, 15) is 0 Å². The standard InChI is InChI=1S/C23H22BrOSi/c1-22(2,3)19-14-15-21(24)20(16-19)23(25-26,17-10-6-4-7-11-17)18-12-8-5-9-13-18/h4-16H,1-3H3. The van der Waals surface area contributed by atoms with Crippen LogP contribution in [0.3, 0.4) is 0 Å². The Kier molecular flexibility index (Phi) is 5.52.